The molecule has 0 unspecified atom stereocenters. The molecular weight excluding hydrogens is 496 g/mol. The van der Waals surface area contributed by atoms with E-state index < -0.39 is 12.1 Å². The summed E-state index contributed by atoms with van der Waals surface area (Å²) in [7, 11) is 0. The van der Waals surface area contributed by atoms with Gasteiger partial charge in [-0.05, 0) is 16.5 Å². The molecule has 8 heteroatoms. The third-order valence-corrected chi connectivity index (χ3v) is 6.74. The van der Waals surface area contributed by atoms with Crippen LogP contribution in [0.15, 0.2) is 76.1 Å². The summed E-state index contributed by atoms with van der Waals surface area (Å²) in [6.45, 7) is 10.7. The molecule has 0 radical (unpaired) electrons. The van der Waals surface area contributed by atoms with Crippen molar-refractivity contribution < 1.29 is 23.5 Å². The molecule has 1 amide bonds. The fraction of sp³-hybridized carbons (Fsp3) is 0.387. The lowest BCUT2D eigenvalue weighted by Gasteiger charge is -2.35. The Balaban J connectivity index is 1.30. The Kier molecular flexibility index (Phi) is 8.86. The average molecular weight is 533 g/mol. The van der Waals surface area contributed by atoms with E-state index >= 15 is 0 Å². The molecule has 1 aromatic heterocycles. The van der Waals surface area contributed by atoms with Crippen LogP contribution in [-0.4, -0.2) is 47.9 Å². The molecule has 0 N–H and O–H groups in total. The predicted octanol–water partition coefficient (Wildman–Crippen LogP) is 4.46. The molecule has 4 rings (SSSR count). The van der Waals surface area contributed by atoms with Crippen molar-refractivity contribution in [3.8, 4) is 5.75 Å². The quantitative estimate of drug-likeness (QED) is 0.396. The molecule has 8 nitrogen and oxygen atoms in total. The van der Waals surface area contributed by atoms with E-state index in [9.17, 15) is 14.4 Å². The number of esters is 1. The van der Waals surface area contributed by atoms with Crippen molar-refractivity contribution in [1.29, 1.82) is 0 Å². The van der Waals surface area contributed by atoms with Gasteiger partial charge < -0.3 is 18.8 Å². The Labute approximate surface area is 229 Å². The van der Waals surface area contributed by atoms with Crippen LogP contribution in [0.5, 0.6) is 5.75 Å². The second kappa shape index (κ2) is 12.3. The number of hydrogen-bond acceptors (Lipinski definition) is 7. The lowest BCUT2D eigenvalue weighted by Crippen LogP contribution is -2.50. The van der Waals surface area contributed by atoms with Gasteiger partial charge in [0.25, 0.3) is 5.91 Å². The van der Waals surface area contributed by atoms with Gasteiger partial charge in [0.1, 0.15) is 18.6 Å². The zero-order valence-corrected chi connectivity index (χ0v) is 23.0. The highest BCUT2D eigenvalue weighted by Crippen LogP contribution is 2.23. The van der Waals surface area contributed by atoms with Gasteiger partial charge in [-0.15, -0.1) is 0 Å². The Hall–Kier alpha value is -3.91. The number of nitrogens with zero attached hydrogens (tertiary/aromatic N) is 2. The topological polar surface area (TPSA) is 89.3 Å². The summed E-state index contributed by atoms with van der Waals surface area (Å²) in [6.07, 6.45) is 0.405. The SMILES string of the molecule is CC(=O)O[C@@H](C(=O)N1CCN(Cc2cc(=O)c(OCc3ccc(C(C)(C)C)cc3)co2)CC1)c1ccccc1. The van der Waals surface area contributed by atoms with E-state index in [1.54, 1.807) is 17.0 Å². The van der Waals surface area contributed by atoms with Crippen molar-refractivity contribution in [2.24, 2.45) is 0 Å². The van der Waals surface area contributed by atoms with Gasteiger partial charge in [0, 0.05) is 44.7 Å². The summed E-state index contributed by atoms with van der Waals surface area (Å²) in [4.78, 5) is 41.2. The third-order valence-electron chi connectivity index (χ3n) is 6.74. The van der Waals surface area contributed by atoms with Crippen molar-refractivity contribution in [1.82, 2.24) is 9.80 Å². The summed E-state index contributed by atoms with van der Waals surface area (Å²) in [5.74, 6) is -0.0379. The maximum Gasteiger partial charge on any atom is 0.303 e. The number of carbonyl (C=O) groups is 2. The van der Waals surface area contributed by atoms with Crippen molar-refractivity contribution >= 4 is 11.9 Å². The van der Waals surface area contributed by atoms with Crippen LogP contribution in [0.2, 0.25) is 0 Å². The summed E-state index contributed by atoms with van der Waals surface area (Å²) < 4.78 is 16.8. The molecule has 0 saturated carbocycles. The molecule has 2 heterocycles. The van der Waals surface area contributed by atoms with Gasteiger partial charge in [-0.3, -0.25) is 19.3 Å². The van der Waals surface area contributed by atoms with E-state index in [2.05, 4.69) is 37.8 Å². The smallest absolute Gasteiger partial charge is 0.303 e. The second-order valence-corrected chi connectivity index (χ2v) is 10.8. The first kappa shape index (κ1) is 28.1. The lowest BCUT2D eigenvalue weighted by molar-refractivity contribution is -0.160. The zero-order valence-electron chi connectivity index (χ0n) is 23.0. The minimum atomic E-state index is -0.961. The number of piperazine rings is 1. The largest absolute Gasteiger partial charge is 0.482 e. The fourth-order valence-corrected chi connectivity index (χ4v) is 4.46. The minimum absolute atomic E-state index is 0.0763. The molecule has 1 atom stereocenters. The molecule has 1 saturated heterocycles. The van der Waals surface area contributed by atoms with Gasteiger partial charge in [-0.25, -0.2) is 0 Å². The Bertz CT molecular complexity index is 1320. The van der Waals surface area contributed by atoms with Crippen LogP contribution in [0.3, 0.4) is 0 Å². The van der Waals surface area contributed by atoms with Gasteiger partial charge in [0.05, 0.1) is 6.54 Å². The van der Waals surface area contributed by atoms with E-state index in [4.69, 9.17) is 13.9 Å². The highest BCUT2D eigenvalue weighted by Gasteiger charge is 2.31. The number of rotatable bonds is 8. The van der Waals surface area contributed by atoms with Gasteiger partial charge in [-0.1, -0.05) is 75.4 Å². The molecular formula is C31H36N2O6. The fourth-order valence-electron chi connectivity index (χ4n) is 4.46. The number of benzene rings is 2. The molecule has 0 spiro atoms. The number of amides is 1. The maximum absolute atomic E-state index is 13.2. The maximum atomic E-state index is 13.2. The standard InChI is InChI=1S/C31H36N2O6/c1-22(34)39-29(24-8-6-5-7-9-24)30(36)33-16-14-32(15-17-33)19-26-18-27(35)28(21-37-26)38-20-23-10-12-25(13-11-23)31(2,3)4/h5-13,18,21,29H,14-17,19-20H2,1-4H3/t29-/m1/s1. The molecule has 3 aromatic rings. The van der Waals surface area contributed by atoms with Crippen LogP contribution < -0.4 is 10.2 Å². The highest BCUT2D eigenvalue weighted by atomic mass is 16.5. The molecule has 1 fully saturated rings. The molecule has 1 aliphatic rings. The van der Waals surface area contributed by atoms with Crippen molar-refractivity contribution in [3.63, 3.8) is 0 Å². The summed E-state index contributed by atoms with van der Waals surface area (Å²) in [5, 5.41) is 0. The zero-order chi connectivity index (χ0) is 28.0. The van der Waals surface area contributed by atoms with Gasteiger partial charge in [0.2, 0.25) is 17.3 Å². The highest BCUT2D eigenvalue weighted by molar-refractivity contribution is 5.84. The Morgan fingerprint density at radius 1 is 0.974 bits per heavy atom. The molecule has 2 aromatic carbocycles. The van der Waals surface area contributed by atoms with Crippen LogP contribution >= 0.6 is 0 Å². The average Bonchev–Trinajstić information content (AvgIpc) is 2.91. The number of hydrogen-bond donors (Lipinski definition) is 0. The normalized spacial score (nSPS) is 15.0. The minimum Gasteiger partial charge on any atom is -0.482 e. The predicted molar refractivity (Wildman–Crippen MR) is 147 cm³/mol. The summed E-state index contributed by atoms with van der Waals surface area (Å²) in [5.41, 5.74) is 2.70. The van der Waals surface area contributed by atoms with Crippen LogP contribution in [0.4, 0.5) is 0 Å². The van der Waals surface area contributed by atoms with E-state index in [-0.39, 0.29) is 29.1 Å². The van der Waals surface area contributed by atoms with E-state index in [1.165, 1.54) is 24.8 Å². The summed E-state index contributed by atoms with van der Waals surface area (Å²) in [6, 6.07) is 18.7. The molecule has 0 aliphatic carbocycles. The first-order valence-corrected chi connectivity index (χ1v) is 13.2. The van der Waals surface area contributed by atoms with E-state index in [1.807, 2.05) is 30.3 Å². The third kappa shape index (κ3) is 7.57. The van der Waals surface area contributed by atoms with Gasteiger partial charge in [0.15, 0.2) is 0 Å². The van der Waals surface area contributed by atoms with Crippen molar-refractivity contribution in [2.75, 3.05) is 26.2 Å². The molecule has 39 heavy (non-hydrogen) atoms. The second-order valence-electron chi connectivity index (χ2n) is 10.8. The van der Waals surface area contributed by atoms with Crippen molar-refractivity contribution in [2.45, 2.75) is 52.4 Å². The van der Waals surface area contributed by atoms with Crippen molar-refractivity contribution in [3.05, 3.63) is 99.6 Å². The first-order chi connectivity index (χ1) is 18.6. The Morgan fingerprint density at radius 2 is 1.64 bits per heavy atom. The lowest BCUT2D eigenvalue weighted by atomic mass is 9.87. The van der Waals surface area contributed by atoms with Gasteiger partial charge >= 0.3 is 5.97 Å². The molecule has 0 bridgehead atoms. The van der Waals surface area contributed by atoms with Crippen LogP contribution in [0, 0.1) is 0 Å². The number of ether oxygens (including phenoxy) is 2. The van der Waals surface area contributed by atoms with Gasteiger partial charge in [-0.2, -0.15) is 0 Å². The van der Waals surface area contributed by atoms with E-state index in [0.717, 1.165) is 5.56 Å². The van der Waals surface area contributed by atoms with Crippen LogP contribution in [0.1, 0.15) is 56.2 Å². The molecule has 1 aliphatic heterocycles. The first-order valence-electron chi connectivity index (χ1n) is 13.2. The monoisotopic (exact) mass is 532 g/mol. The van der Waals surface area contributed by atoms with E-state index in [0.29, 0.717) is 44.0 Å². The Morgan fingerprint density at radius 3 is 2.23 bits per heavy atom. The molecule has 206 valence electrons. The van der Waals surface area contributed by atoms with Crippen LogP contribution in [-0.2, 0) is 32.9 Å². The number of carbonyl (C=O) groups excluding carboxylic acids is 2. The van der Waals surface area contributed by atoms with Crippen LogP contribution in [0.25, 0.3) is 0 Å². The summed E-state index contributed by atoms with van der Waals surface area (Å²) >= 11 is 0.